The minimum absolute atomic E-state index is 0.131. The first-order valence-electron chi connectivity index (χ1n) is 15.0. The molecule has 2 aromatic rings. The van der Waals surface area contributed by atoms with Crippen LogP contribution in [-0.2, 0) is 14.2 Å². The SMILES string of the molecule is CCCC1=C2[C@@H](CC/C(=C/c3cc(I)c(O)c(OC)c3)CCC)OB(O)C[C@@H]2[C@@H]2C(=O)N(c3ccccc3)C(=O)[C@@H]2C1. The molecule has 2 amide bonds. The van der Waals surface area contributed by atoms with E-state index in [-0.39, 0.29) is 29.6 Å². The van der Waals surface area contributed by atoms with Gasteiger partial charge in [-0.15, -0.1) is 0 Å². The number of fused-ring (bicyclic) bond motifs is 3. The van der Waals surface area contributed by atoms with Crippen LogP contribution in [0.5, 0.6) is 11.5 Å². The van der Waals surface area contributed by atoms with Gasteiger partial charge in [0.1, 0.15) is 0 Å². The van der Waals surface area contributed by atoms with Gasteiger partial charge in [0.05, 0.1) is 34.3 Å². The van der Waals surface area contributed by atoms with Gasteiger partial charge in [-0.25, -0.2) is 0 Å². The van der Waals surface area contributed by atoms with E-state index in [0.717, 1.165) is 46.8 Å². The number of hydrogen-bond donors (Lipinski definition) is 2. The highest BCUT2D eigenvalue weighted by Gasteiger charge is 2.57. The summed E-state index contributed by atoms with van der Waals surface area (Å²) in [7, 11) is 0.562. The molecule has 4 atom stereocenters. The first kappa shape index (κ1) is 30.8. The first-order chi connectivity index (χ1) is 20.3. The number of carbonyl (C=O) groups excluding carboxylic acids is 2. The number of benzene rings is 2. The lowest BCUT2D eigenvalue weighted by atomic mass is 9.58. The minimum Gasteiger partial charge on any atom is -0.504 e. The highest BCUT2D eigenvalue weighted by atomic mass is 127. The number of methoxy groups -OCH3 is 1. The van der Waals surface area contributed by atoms with Gasteiger partial charge in [-0.3, -0.25) is 14.5 Å². The molecule has 0 aromatic heterocycles. The minimum atomic E-state index is -0.986. The molecule has 5 rings (SSSR count). The number of nitrogens with zero attached hydrogens (tertiary/aromatic N) is 1. The second-order valence-corrected chi connectivity index (χ2v) is 12.7. The van der Waals surface area contributed by atoms with Crippen LogP contribution in [0.1, 0.15) is 64.4 Å². The van der Waals surface area contributed by atoms with Crippen LogP contribution >= 0.6 is 22.6 Å². The zero-order valence-corrected chi connectivity index (χ0v) is 26.7. The van der Waals surface area contributed by atoms with E-state index < -0.39 is 19.0 Å². The van der Waals surface area contributed by atoms with Crippen LogP contribution < -0.4 is 9.64 Å². The molecule has 0 bridgehead atoms. The lowest BCUT2D eigenvalue weighted by molar-refractivity contribution is -0.122. The molecule has 0 unspecified atom stereocenters. The molecule has 2 fully saturated rings. The Morgan fingerprint density at radius 2 is 1.88 bits per heavy atom. The lowest BCUT2D eigenvalue weighted by Crippen LogP contribution is -2.46. The normalized spacial score (nSPS) is 24.3. The molecule has 2 heterocycles. The lowest BCUT2D eigenvalue weighted by Gasteiger charge is -2.43. The van der Waals surface area contributed by atoms with Crippen LogP contribution in [0.3, 0.4) is 0 Å². The monoisotopic (exact) mass is 683 g/mol. The molecule has 42 heavy (non-hydrogen) atoms. The maximum atomic E-state index is 13.9. The quantitative estimate of drug-likeness (QED) is 0.124. The molecule has 1 aliphatic carbocycles. The standard InChI is InChI=1S/C33H39BINO6/c1-4-9-20(15-21-16-26(35)31(37)28(17-21)41-3)13-14-27-29-22(10-5-2)18-24-30(25(29)19-34(40)42-27)33(39)36(32(24)38)23-11-7-6-8-12-23/h6-8,11-12,15-17,24-25,27,30,37,40H,4-5,9-10,13-14,18-19H2,1-3H3/b20-15+/t24-,25+,27-,30-/m1/s1. The number of carbonyl (C=O) groups is 2. The molecular formula is C33H39BINO6. The largest absolute Gasteiger partial charge is 0.504 e. The van der Waals surface area contributed by atoms with Gasteiger partial charge in [0.2, 0.25) is 11.8 Å². The fourth-order valence-electron chi connectivity index (χ4n) is 7.11. The molecule has 2 N–H and O–H groups in total. The van der Waals surface area contributed by atoms with Gasteiger partial charge in [-0.2, -0.15) is 0 Å². The number of aromatic hydroxyl groups is 1. The van der Waals surface area contributed by atoms with E-state index in [1.54, 1.807) is 7.11 Å². The molecule has 0 saturated carbocycles. The third-order valence-corrected chi connectivity index (χ3v) is 9.64. The first-order valence-corrected chi connectivity index (χ1v) is 16.1. The number of imide groups is 1. The molecular weight excluding hydrogens is 644 g/mol. The molecule has 222 valence electrons. The summed E-state index contributed by atoms with van der Waals surface area (Å²) in [6.45, 7) is 4.28. The van der Waals surface area contributed by atoms with Crippen LogP contribution in [-0.4, -0.2) is 42.3 Å². The van der Waals surface area contributed by atoms with Crippen LogP contribution in [0.15, 0.2) is 59.2 Å². The van der Waals surface area contributed by atoms with E-state index in [0.29, 0.717) is 30.6 Å². The number of halogens is 1. The number of hydrogen-bond acceptors (Lipinski definition) is 6. The zero-order valence-electron chi connectivity index (χ0n) is 24.5. The zero-order chi connectivity index (χ0) is 30.0. The van der Waals surface area contributed by atoms with Gasteiger partial charge in [-0.05, 0) is 102 Å². The number of ether oxygens (including phenoxy) is 1. The summed E-state index contributed by atoms with van der Waals surface area (Å²) < 4.78 is 12.3. The Morgan fingerprint density at radius 3 is 2.57 bits per heavy atom. The average Bonchev–Trinajstić information content (AvgIpc) is 3.23. The molecule has 9 heteroatoms. The van der Waals surface area contributed by atoms with Crippen molar-refractivity contribution < 1.29 is 29.1 Å². The Kier molecular flexibility index (Phi) is 9.79. The number of para-hydroxylation sites is 1. The fourth-order valence-corrected chi connectivity index (χ4v) is 7.73. The van der Waals surface area contributed by atoms with Gasteiger partial charge in [-0.1, -0.05) is 62.1 Å². The Balaban J connectivity index is 1.44. The topological polar surface area (TPSA) is 96.3 Å². The number of rotatable bonds is 10. The van der Waals surface area contributed by atoms with Crippen molar-refractivity contribution in [3.8, 4) is 11.5 Å². The third kappa shape index (κ3) is 6.05. The van der Waals surface area contributed by atoms with Gasteiger partial charge in [0.25, 0.3) is 0 Å². The Hall–Kier alpha value is -2.63. The predicted octanol–water partition coefficient (Wildman–Crippen LogP) is 6.77. The van der Waals surface area contributed by atoms with Crippen molar-refractivity contribution in [2.45, 2.75) is 71.2 Å². The van der Waals surface area contributed by atoms with Crippen molar-refractivity contribution in [1.29, 1.82) is 0 Å². The predicted molar refractivity (Wildman–Crippen MR) is 173 cm³/mol. The van der Waals surface area contributed by atoms with Crippen molar-refractivity contribution >= 4 is 53.3 Å². The summed E-state index contributed by atoms with van der Waals surface area (Å²) in [5.41, 5.74) is 5.17. The van der Waals surface area contributed by atoms with E-state index in [1.165, 1.54) is 16.0 Å². The molecule has 0 radical (unpaired) electrons. The van der Waals surface area contributed by atoms with E-state index in [1.807, 2.05) is 42.5 Å². The number of anilines is 1. The van der Waals surface area contributed by atoms with Gasteiger partial charge < -0.3 is 19.5 Å². The van der Waals surface area contributed by atoms with Crippen molar-refractivity contribution in [2.24, 2.45) is 17.8 Å². The van der Waals surface area contributed by atoms with Gasteiger partial charge in [0, 0.05) is 0 Å². The highest BCUT2D eigenvalue weighted by Crippen LogP contribution is 2.52. The Bertz CT molecular complexity index is 1390. The van der Waals surface area contributed by atoms with Crippen molar-refractivity contribution in [1.82, 2.24) is 0 Å². The molecule has 0 spiro atoms. The van der Waals surface area contributed by atoms with Gasteiger partial charge >= 0.3 is 7.12 Å². The van der Waals surface area contributed by atoms with Crippen molar-refractivity contribution in [2.75, 3.05) is 12.0 Å². The maximum Gasteiger partial charge on any atom is 0.455 e. The van der Waals surface area contributed by atoms with E-state index in [4.69, 9.17) is 9.39 Å². The number of allylic oxidation sites excluding steroid dienone is 2. The molecule has 3 aliphatic rings. The fraction of sp³-hybridized carbons (Fsp3) is 0.455. The smallest absolute Gasteiger partial charge is 0.455 e. The maximum absolute atomic E-state index is 13.9. The summed E-state index contributed by atoms with van der Waals surface area (Å²) in [6, 6.07) is 13.0. The molecule has 2 saturated heterocycles. The second-order valence-electron chi connectivity index (χ2n) is 11.6. The summed E-state index contributed by atoms with van der Waals surface area (Å²) in [5.74, 6) is -0.812. The van der Waals surface area contributed by atoms with Crippen LogP contribution in [0.25, 0.3) is 6.08 Å². The van der Waals surface area contributed by atoms with Crippen molar-refractivity contribution in [3.63, 3.8) is 0 Å². The van der Waals surface area contributed by atoms with E-state index in [9.17, 15) is 19.7 Å². The molecule has 2 aromatic carbocycles. The average molecular weight is 683 g/mol. The van der Waals surface area contributed by atoms with Crippen LogP contribution in [0.2, 0.25) is 6.32 Å². The summed E-state index contributed by atoms with van der Waals surface area (Å²) in [4.78, 5) is 28.9. The highest BCUT2D eigenvalue weighted by molar-refractivity contribution is 14.1. The Morgan fingerprint density at radius 1 is 1.12 bits per heavy atom. The molecule has 7 nitrogen and oxygen atoms in total. The number of phenols is 1. The third-order valence-electron chi connectivity index (χ3n) is 8.81. The van der Waals surface area contributed by atoms with Gasteiger partial charge in [0.15, 0.2) is 11.5 Å². The van der Waals surface area contributed by atoms with E-state index in [2.05, 4.69) is 42.5 Å². The summed E-state index contributed by atoms with van der Waals surface area (Å²) in [5, 5.41) is 21.2. The second kappa shape index (κ2) is 13.3. The number of amides is 2. The number of phenolic OH excluding ortho intramolecular Hbond substituents is 1. The van der Waals surface area contributed by atoms with E-state index >= 15 is 0 Å². The Labute approximate surface area is 262 Å². The van der Waals surface area contributed by atoms with Crippen LogP contribution in [0.4, 0.5) is 5.69 Å². The van der Waals surface area contributed by atoms with Crippen molar-refractivity contribution in [3.05, 3.63) is 68.3 Å². The summed E-state index contributed by atoms with van der Waals surface area (Å²) >= 11 is 2.11. The summed E-state index contributed by atoms with van der Waals surface area (Å²) in [6.07, 6.45) is 7.84. The molecule has 2 aliphatic heterocycles. The van der Waals surface area contributed by atoms with Crippen LogP contribution in [0, 0.1) is 21.3 Å².